The van der Waals surface area contributed by atoms with Gasteiger partial charge in [-0.15, -0.1) is 0 Å². The van der Waals surface area contributed by atoms with Gasteiger partial charge in [0.2, 0.25) is 0 Å². The molecule has 0 N–H and O–H groups in total. The number of pyridine rings is 1. The summed E-state index contributed by atoms with van der Waals surface area (Å²) in [4.78, 5) is 22.1. The first-order valence-electron chi connectivity index (χ1n) is 5.58. The van der Waals surface area contributed by atoms with Crippen LogP contribution in [0, 0.1) is 17.0 Å². The first kappa shape index (κ1) is 13.3. The molecule has 0 aliphatic carbocycles. The predicted octanol–water partition coefficient (Wildman–Crippen LogP) is 2.77. The van der Waals surface area contributed by atoms with E-state index in [0.29, 0.717) is 11.1 Å². The number of nitro benzene ring substituents is 1. The zero-order valence-electron chi connectivity index (χ0n) is 10.2. The van der Waals surface area contributed by atoms with Crippen LogP contribution in [0.15, 0.2) is 41.3 Å². The van der Waals surface area contributed by atoms with Gasteiger partial charge in [0.1, 0.15) is 5.02 Å². The second-order valence-electron chi connectivity index (χ2n) is 4.17. The molecule has 98 valence electrons. The van der Waals surface area contributed by atoms with Gasteiger partial charge >= 0.3 is 0 Å². The Balaban J connectivity index is 2.39. The third kappa shape index (κ3) is 2.82. The van der Waals surface area contributed by atoms with E-state index in [1.165, 1.54) is 16.7 Å². The number of nitro groups is 1. The van der Waals surface area contributed by atoms with Gasteiger partial charge in [0.05, 0.1) is 11.5 Å². The maximum absolute atomic E-state index is 11.9. The summed E-state index contributed by atoms with van der Waals surface area (Å²) in [6.45, 7) is 2.00. The first-order valence-corrected chi connectivity index (χ1v) is 5.95. The Bertz CT molecular complexity index is 695. The molecular formula is C13H11ClN2O3. The van der Waals surface area contributed by atoms with Gasteiger partial charge in [0.25, 0.3) is 11.2 Å². The molecule has 2 aromatic rings. The summed E-state index contributed by atoms with van der Waals surface area (Å²) >= 11 is 5.74. The summed E-state index contributed by atoms with van der Waals surface area (Å²) in [7, 11) is 0. The molecule has 0 atom stereocenters. The molecule has 0 saturated heterocycles. The van der Waals surface area contributed by atoms with Gasteiger partial charge in [-0.1, -0.05) is 23.7 Å². The molecule has 1 heterocycles. The Hall–Kier alpha value is -2.14. The number of hydrogen-bond donors (Lipinski definition) is 0. The minimum atomic E-state index is -0.537. The molecule has 2 rings (SSSR count). The zero-order chi connectivity index (χ0) is 14.0. The number of benzene rings is 1. The predicted molar refractivity (Wildman–Crippen MR) is 72.6 cm³/mol. The number of aromatic nitrogens is 1. The van der Waals surface area contributed by atoms with E-state index in [4.69, 9.17) is 11.6 Å². The number of rotatable bonds is 3. The molecule has 6 heteroatoms. The summed E-state index contributed by atoms with van der Waals surface area (Å²) in [5, 5.41) is 10.9. The van der Waals surface area contributed by atoms with E-state index in [9.17, 15) is 14.9 Å². The third-order valence-corrected chi connectivity index (χ3v) is 3.09. The van der Waals surface area contributed by atoms with Crippen molar-refractivity contribution in [3.8, 4) is 0 Å². The lowest BCUT2D eigenvalue weighted by molar-refractivity contribution is -0.384. The maximum Gasteiger partial charge on any atom is 0.288 e. The normalized spacial score (nSPS) is 10.4. The lowest BCUT2D eigenvalue weighted by Gasteiger charge is -2.07. The number of hydrogen-bond acceptors (Lipinski definition) is 3. The maximum atomic E-state index is 11.9. The van der Waals surface area contributed by atoms with Crippen molar-refractivity contribution >= 4 is 17.3 Å². The topological polar surface area (TPSA) is 65.1 Å². The van der Waals surface area contributed by atoms with Crippen LogP contribution in [0.25, 0.3) is 0 Å². The summed E-state index contributed by atoms with van der Waals surface area (Å²) in [5.74, 6) is 0. The van der Waals surface area contributed by atoms with Crippen molar-refractivity contribution in [3.05, 3.63) is 73.1 Å². The van der Waals surface area contributed by atoms with Crippen molar-refractivity contribution in [3.63, 3.8) is 0 Å². The lowest BCUT2D eigenvalue weighted by atomic mass is 10.2. The SMILES string of the molecule is Cc1cccn(Cc2ccc(Cl)c([N+](=O)[O-])c2)c1=O. The van der Waals surface area contributed by atoms with E-state index in [2.05, 4.69) is 0 Å². The average molecular weight is 279 g/mol. The molecule has 0 bridgehead atoms. The minimum Gasteiger partial charge on any atom is -0.311 e. The Morgan fingerprint density at radius 3 is 2.79 bits per heavy atom. The van der Waals surface area contributed by atoms with Crippen molar-refractivity contribution < 1.29 is 4.92 Å². The Labute approximate surface area is 114 Å². The molecule has 5 nitrogen and oxygen atoms in total. The number of halogens is 1. The van der Waals surface area contributed by atoms with Crippen LogP contribution in [0.2, 0.25) is 5.02 Å². The lowest BCUT2D eigenvalue weighted by Crippen LogP contribution is -2.21. The first-order chi connectivity index (χ1) is 8.99. The Morgan fingerprint density at radius 2 is 2.11 bits per heavy atom. The fourth-order valence-electron chi connectivity index (χ4n) is 1.77. The molecule has 0 radical (unpaired) electrons. The molecule has 0 spiro atoms. The largest absolute Gasteiger partial charge is 0.311 e. The second-order valence-corrected chi connectivity index (χ2v) is 4.57. The van der Waals surface area contributed by atoms with Crippen molar-refractivity contribution in [2.75, 3.05) is 0 Å². The van der Waals surface area contributed by atoms with Crippen LogP contribution in [-0.4, -0.2) is 9.49 Å². The van der Waals surface area contributed by atoms with Crippen LogP contribution in [0.4, 0.5) is 5.69 Å². The van der Waals surface area contributed by atoms with Crippen LogP contribution in [0.1, 0.15) is 11.1 Å². The fraction of sp³-hybridized carbons (Fsp3) is 0.154. The van der Waals surface area contributed by atoms with Gasteiger partial charge in [0.15, 0.2) is 0 Å². The molecule has 1 aromatic heterocycles. The molecule has 19 heavy (non-hydrogen) atoms. The summed E-state index contributed by atoms with van der Waals surface area (Å²) in [6, 6.07) is 8.02. The van der Waals surface area contributed by atoms with E-state index < -0.39 is 4.92 Å². The van der Waals surface area contributed by atoms with E-state index >= 15 is 0 Å². The summed E-state index contributed by atoms with van der Waals surface area (Å²) < 4.78 is 1.50. The molecule has 0 amide bonds. The smallest absolute Gasteiger partial charge is 0.288 e. The molecule has 0 saturated carbocycles. The van der Waals surface area contributed by atoms with Gasteiger partial charge in [-0.3, -0.25) is 14.9 Å². The molecule has 0 aliphatic rings. The van der Waals surface area contributed by atoms with Crippen LogP contribution < -0.4 is 5.56 Å². The molecular weight excluding hydrogens is 268 g/mol. The third-order valence-electron chi connectivity index (χ3n) is 2.77. The minimum absolute atomic E-state index is 0.0883. The molecule has 1 aromatic carbocycles. The van der Waals surface area contributed by atoms with Gasteiger partial charge in [-0.05, 0) is 24.6 Å². The Morgan fingerprint density at radius 1 is 1.37 bits per heavy atom. The summed E-state index contributed by atoms with van der Waals surface area (Å²) in [5.41, 5.74) is 1.02. The van der Waals surface area contributed by atoms with Crippen molar-refractivity contribution in [2.24, 2.45) is 0 Å². The molecule has 0 aliphatic heterocycles. The highest BCUT2D eigenvalue weighted by Gasteiger charge is 2.13. The van der Waals surface area contributed by atoms with E-state index in [-0.39, 0.29) is 22.8 Å². The van der Waals surface area contributed by atoms with Gasteiger partial charge in [-0.2, -0.15) is 0 Å². The van der Waals surface area contributed by atoms with Gasteiger partial charge < -0.3 is 4.57 Å². The summed E-state index contributed by atoms with van der Waals surface area (Å²) in [6.07, 6.45) is 1.65. The number of nitrogens with zero attached hydrogens (tertiary/aromatic N) is 2. The molecule has 0 fully saturated rings. The highest BCUT2D eigenvalue weighted by atomic mass is 35.5. The van der Waals surface area contributed by atoms with Gasteiger partial charge in [-0.25, -0.2) is 0 Å². The second kappa shape index (κ2) is 5.24. The molecule has 0 unspecified atom stereocenters. The standard InChI is InChI=1S/C13H11ClN2O3/c1-9-3-2-6-15(13(9)17)8-10-4-5-11(14)12(7-10)16(18)19/h2-7H,8H2,1H3. The highest BCUT2D eigenvalue weighted by Crippen LogP contribution is 2.25. The van der Waals surface area contributed by atoms with Crippen LogP contribution in [0.5, 0.6) is 0 Å². The van der Waals surface area contributed by atoms with Crippen molar-refractivity contribution in [1.82, 2.24) is 4.57 Å². The quantitative estimate of drug-likeness (QED) is 0.640. The van der Waals surface area contributed by atoms with Crippen LogP contribution >= 0.6 is 11.6 Å². The number of aryl methyl sites for hydroxylation is 1. The Kier molecular flexibility index (Phi) is 3.66. The van der Waals surface area contributed by atoms with Crippen LogP contribution in [-0.2, 0) is 6.54 Å². The monoisotopic (exact) mass is 278 g/mol. The average Bonchev–Trinajstić information content (AvgIpc) is 2.37. The van der Waals surface area contributed by atoms with Crippen molar-refractivity contribution in [2.45, 2.75) is 13.5 Å². The highest BCUT2D eigenvalue weighted by molar-refractivity contribution is 6.32. The van der Waals surface area contributed by atoms with Crippen molar-refractivity contribution in [1.29, 1.82) is 0 Å². The van der Waals surface area contributed by atoms with E-state index in [1.54, 1.807) is 31.3 Å². The van der Waals surface area contributed by atoms with Gasteiger partial charge in [0, 0.05) is 17.8 Å². The van der Waals surface area contributed by atoms with Crippen LogP contribution in [0.3, 0.4) is 0 Å². The van der Waals surface area contributed by atoms with E-state index in [0.717, 1.165) is 0 Å². The van der Waals surface area contributed by atoms with E-state index in [1.807, 2.05) is 0 Å². The fourth-order valence-corrected chi connectivity index (χ4v) is 1.96. The zero-order valence-corrected chi connectivity index (χ0v) is 10.9.